The van der Waals surface area contributed by atoms with Crippen molar-refractivity contribution >= 4 is 8.80 Å². The van der Waals surface area contributed by atoms with Gasteiger partial charge in [-0.25, -0.2) is 0 Å². The van der Waals surface area contributed by atoms with E-state index in [1.807, 2.05) is 47.6 Å². The molecule has 0 atom stereocenters. The van der Waals surface area contributed by atoms with Crippen LogP contribution in [0, 0.1) is 0 Å². The molecule has 4 nitrogen and oxygen atoms in total. The number of rotatable bonds is 12. The van der Waals surface area contributed by atoms with Crippen molar-refractivity contribution in [1.29, 1.82) is 0 Å². The molecule has 1 rings (SSSR count). The number of nitrogens with one attached hydrogen (secondary N) is 1. The maximum absolute atomic E-state index is 6.19. The van der Waals surface area contributed by atoms with Crippen molar-refractivity contribution in [3.63, 3.8) is 0 Å². The number of benzene rings is 1. The third kappa shape index (κ3) is 8.94. The summed E-state index contributed by atoms with van der Waals surface area (Å²) in [7, 11) is -2.65. The van der Waals surface area contributed by atoms with Crippen LogP contribution in [0.5, 0.6) is 0 Å². The largest absolute Gasteiger partial charge is 0.501 e. The Morgan fingerprint density at radius 3 is 1.79 bits per heavy atom. The summed E-state index contributed by atoms with van der Waals surface area (Å²) in [4.78, 5) is 0. The summed E-state index contributed by atoms with van der Waals surface area (Å²) in [6, 6.07) is 11.3. The molecule has 138 valence electrons. The van der Waals surface area contributed by atoms with E-state index in [0.717, 1.165) is 25.6 Å². The van der Waals surface area contributed by atoms with Crippen molar-refractivity contribution in [2.45, 2.75) is 78.9 Å². The number of hydrogen-bond acceptors (Lipinski definition) is 4. The quantitative estimate of drug-likeness (QED) is 0.447. The van der Waals surface area contributed by atoms with Crippen LogP contribution in [-0.2, 0) is 19.8 Å². The Morgan fingerprint density at radius 2 is 1.33 bits per heavy atom. The van der Waals surface area contributed by atoms with Crippen LogP contribution < -0.4 is 5.32 Å². The Kier molecular flexibility index (Phi) is 9.77. The van der Waals surface area contributed by atoms with Crippen molar-refractivity contribution in [2.24, 2.45) is 0 Å². The van der Waals surface area contributed by atoms with E-state index in [4.69, 9.17) is 13.3 Å². The zero-order valence-corrected chi connectivity index (χ0v) is 17.2. The summed E-state index contributed by atoms with van der Waals surface area (Å²) in [6.07, 6.45) is 1.29. The molecule has 0 bridgehead atoms. The first-order valence-electron chi connectivity index (χ1n) is 9.11. The fourth-order valence-corrected chi connectivity index (χ4v) is 5.88. The topological polar surface area (TPSA) is 39.7 Å². The molecule has 0 aliphatic heterocycles. The molecule has 0 aliphatic rings. The fraction of sp³-hybridized carbons (Fsp3) is 0.684. The summed E-state index contributed by atoms with van der Waals surface area (Å²) in [5, 5.41) is 3.49. The Balaban J connectivity index is 2.52. The first-order chi connectivity index (χ1) is 11.3. The molecule has 0 heterocycles. The molecule has 24 heavy (non-hydrogen) atoms. The normalized spacial score (nSPS) is 12.5. The molecular weight excluding hydrogens is 318 g/mol. The molecular formula is C19H35NO3Si. The molecule has 1 N–H and O–H groups in total. The SMILES string of the molecule is CC(C)O[Si](CCCNCc1ccccc1)(OC(C)C)OC(C)C. The maximum atomic E-state index is 6.19. The molecule has 0 saturated carbocycles. The predicted octanol–water partition coefficient (Wildman–Crippen LogP) is 4.38. The second-order valence-electron chi connectivity index (χ2n) is 6.95. The summed E-state index contributed by atoms with van der Waals surface area (Å²) in [5.74, 6) is 0. The molecule has 1 aromatic rings. The van der Waals surface area contributed by atoms with Gasteiger partial charge in [0.25, 0.3) is 0 Å². The Labute approximate surface area is 149 Å². The van der Waals surface area contributed by atoms with Crippen LogP contribution in [0.4, 0.5) is 0 Å². The van der Waals surface area contributed by atoms with Gasteiger partial charge in [0, 0.05) is 30.9 Å². The van der Waals surface area contributed by atoms with Crippen molar-refractivity contribution < 1.29 is 13.3 Å². The van der Waals surface area contributed by atoms with Gasteiger partial charge in [0.05, 0.1) is 0 Å². The smallest absolute Gasteiger partial charge is 0.371 e. The fourth-order valence-electron chi connectivity index (χ4n) is 2.60. The summed E-state index contributed by atoms with van der Waals surface area (Å²) < 4.78 is 18.6. The van der Waals surface area contributed by atoms with Crippen LogP contribution in [0.15, 0.2) is 30.3 Å². The van der Waals surface area contributed by atoms with Gasteiger partial charge in [-0.1, -0.05) is 30.3 Å². The van der Waals surface area contributed by atoms with E-state index in [0.29, 0.717) is 0 Å². The summed E-state index contributed by atoms with van der Waals surface area (Å²) in [6.45, 7) is 14.1. The first kappa shape index (κ1) is 21.3. The third-order valence-corrected chi connectivity index (χ3v) is 6.71. The highest BCUT2D eigenvalue weighted by molar-refractivity contribution is 6.60. The lowest BCUT2D eigenvalue weighted by Gasteiger charge is -2.34. The highest BCUT2D eigenvalue weighted by atomic mass is 28.4. The highest BCUT2D eigenvalue weighted by Gasteiger charge is 2.43. The molecule has 1 aromatic carbocycles. The number of hydrogen-bond donors (Lipinski definition) is 1. The first-order valence-corrected chi connectivity index (χ1v) is 11.0. The zero-order valence-electron chi connectivity index (χ0n) is 16.2. The Morgan fingerprint density at radius 1 is 0.833 bits per heavy atom. The van der Waals surface area contributed by atoms with Gasteiger partial charge in [0.15, 0.2) is 0 Å². The highest BCUT2D eigenvalue weighted by Crippen LogP contribution is 2.23. The van der Waals surface area contributed by atoms with Gasteiger partial charge < -0.3 is 18.6 Å². The van der Waals surface area contributed by atoms with Crippen molar-refractivity contribution in [1.82, 2.24) is 5.32 Å². The van der Waals surface area contributed by atoms with Crippen molar-refractivity contribution in [3.8, 4) is 0 Å². The lowest BCUT2D eigenvalue weighted by atomic mass is 10.2. The maximum Gasteiger partial charge on any atom is 0.501 e. The molecule has 0 aliphatic carbocycles. The van der Waals surface area contributed by atoms with Crippen molar-refractivity contribution in [2.75, 3.05) is 6.54 Å². The Hall–Kier alpha value is -0.723. The minimum atomic E-state index is -2.65. The molecule has 0 spiro atoms. The minimum Gasteiger partial charge on any atom is -0.371 e. The van der Waals surface area contributed by atoms with E-state index < -0.39 is 8.80 Å². The average Bonchev–Trinajstić information content (AvgIpc) is 2.45. The van der Waals surface area contributed by atoms with Gasteiger partial charge >= 0.3 is 8.80 Å². The van der Waals surface area contributed by atoms with Crippen LogP contribution in [0.25, 0.3) is 0 Å². The lowest BCUT2D eigenvalue weighted by molar-refractivity contribution is 0.00291. The second kappa shape index (κ2) is 11.0. The van der Waals surface area contributed by atoms with E-state index in [-0.39, 0.29) is 18.3 Å². The monoisotopic (exact) mass is 353 g/mol. The van der Waals surface area contributed by atoms with Crippen LogP contribution in [0.1, 0.15) is 53.5 Å². The lowest BCUT2D eigenvalue weighted by Crippen LogP contribution is -2.50. The minimum absolute atomic E-state index is 0.103. The molecule has 0 aromatic heterocycles. The van der Waals surface area contributed by atoms with Gasteiger partial charge in [0.1, 0.15) is 0 Å². The van der Waals surface area contributed by atoms with Crippen molar-refractivity contribution in [3.05, 3.63) is 35.9 Å². The summed E-state index contributed by atoms with van der Waals surface area (Å²) in [5.41, 5.74) is 1.30. The molecule has 5 heteroatoms. The third-order valence-electron chi connectivity index (χ3n) is 3.25. The molecule has 0 fully saturated rings. The van der Waals surface area contributed by atoms with E-state index in [1.165, 1.54) is 5.56 Å². The molecule has 0 radical (unpaired) electrons. The van der Waals surface area contributed by atoms with E-state index >= 15 is 0 Å². The second-order valence-corrected chi connectivity index (χ2v) is 9.52. The predicted molar refractivity (Wildman–Crippen MR) is 102 cm³/mol. The van der Waals surface area contributed by atoms with E-state index in [2.05, 4.69) is 29.6 Å². The summed E-state index contributed by atoms with van der Waals surface area (Å²) >= 11 is 0. The molecule has 0 saturated heterocycles. The van der Waals surface area contributed by atoms with E-state index in [1.54, 1.807) is 0 Å². The van der Waals surface area contributed by atoms with Gasteiger partial charge in [-0.05, 0) is 60.1 Å². The molecule has 0 amide bonds. The van der Waals surface area contributed by atoms with Crippen LogP contribution in [-0.4, -0.2) is 33.7 Å². The van der Waals surface area contributed by atoms with Crippen LogP contribution >= 0.6 is 0 Å². The van der Waals surface area contributed by atoms with Crippen LogP contribution in [0.3, 0.4) is 0 Å². The standard InChI is InChI=1S/C19H35NO3Si/c1-16(2)21-24(22-17(3)4,23-18(5)6)14-10-13-20-15-19-11-8-7-9-12-19/h7-9,11-12,16-18,20H,10,13-15H2,1-6H3. The van der Waals surface area contributed by atoms with E-state index in [9.17, 15) is 0 Å². The average molecular weight is 354 g/mol. The van der Waals surface area contributed by atoms with Gasteiger partial charge in [-0.3, -0.25) is 0 Å². The Bertz CT molecular complexity index is 411. The van der Waals surface area contributed by atoms with Gasteiger partial charge in [-0.15, -0.1) is 0 Å². The van der Waals surface area contributed by atoms with Crippen LogP contribution in [0.2, 0.25) is 6.04 Å². The van der Waals surface area contributed by atoms with Gasteiger partial charge in [-0.2, -0.15) is 0 Å². The zero-order chi connectivity index (χ0) is 18.0. The van der Waals surface area contributed by atoms with Gasteiger partial charge in [0.2, 0.25) is 0 Å². The molecule has 0 unspecified atom stereocenters.